The fourth-order valence-electron chi connectivity index (χ4n) is 3.64. The predicted octanol–water partition coefficient (Wildman–Crippen LogP) is 3.88. The van der Waals surface area contributed by atoms with Crippen molar-refractivity contribution >= 4 is 10.8 Å². The quantitative estimate of drug-likeness (QED) is 0.701. The Balaban J connectivity index is 1.25. The lowest BCUT2D eigenvalue weighted by Crippen LogP contribution is -2.27. The Kier molecular flexibility index (Phi) is 4.56. The summed E-state index contributed by atoms with van der Waals surface area (Å²) in [4.78, 5) is 9.01. The molecule has 2 heterocycles. The lowest BCUT2D eigenvalue weighted by molar-refractivity contribution is 0.432. The summed E-state index contributed by atoms with van der Waals surface area (Å²) < 4.78 is 2.31. The Hall–Kier alpha value is -2.20. The predicted molar refractivity (Wildman–Crippen MR) is 96.9 cm³/mol. The summed E-state index contributed by atoms with van der Waals surface area (Å²) in [7, 11) is 0. The van der Waals surface area contributed by atoms with E-state index in [4.69, 9.17) is 0 Å². The van der Waals surface area contributed by atoms with Crippen LogP contribution in [0, 0.1) is 0 Å². The molecular formula is C20H24N4. The fourth-order valence-corrected chi connectivity index (χ4v) is 3.64. The molecule has 24 heavy (non-hydrogen) atoms. The summed E-state index contributed by atoms with van der Waals surface area (Å²) in [6.45, 7) is 2.12. The summed E-state index contributed by atoms with van der Waals surface area (Å²) >= 11 is 0. The normalized spacial score (nSPS) is 17.1. The molecule has 2 aromatic heterocycles. The van der Waals surface area contributed by atoms with Crippen molar-refractivity contribution in [1.82, 2.24) is 19.9 Å². The number of aryl methyl sites for hydroxylation is 2. The van der Waals surface area contributed by atoms with Crippen molar-refractivity contribution in [3.05, 3.63) is 60.4 Å². The lowest BCUT2D eigenvalue weighted by Gasteiger charge is -2.24. The minimum atomic E-state index is 0.386. The maximum atomic E-state index is 4.54. The van der Waals surface area contributed by atoms with Crippen LogP contribution >= 0.6 is 0 Å². The van der Waals surface area contributed by atoms with Crippen LogP contribution in [0.3, 0.4) is 0 Å². The van der Waals surface area contributed by atoms with Crippen LogP contribution in [0.4, 0.5) is 0 Å². The molecule has 0 radical (unpaired) electrons. The highest BCUT2D eigenvalue weighted by Gasteiger charge is 2.21. The zero-order valence-corrected chi connectivity index (χ0v) is 14.0. The molecule has 1 atom stereocenters. The van der Waals surface area contributed by atoms with E-state index in [2.05, 4.69) is 56.5 Å². The highest BCUT2D eigenvalue weighted by Crippen LogP contribution is 2.26. The molecule has 1 aliphatic carbocycles. The Labute approximate surface area is 142 Å². The minimum absolute atomic E-state index is 0.386. The second-order valence-corrected chi connectivity index (χ2v) is 6.62. The van der Waals surface area contributed by atoms with Crippen molar-refractivity contribution in [3.8, 4) is 0 Å². The highest BCUT2D eigenvalue weighted by molar-refractivity contribution is 5.81. The topological polar surface area (TPSA) is 42.7 Å². The summed E-state index contributed by atoms with van der Waals surface area (Å²) in [5.41, 5.74) is 2.35. The highest BCUT2D eigenvalue weighted by atomic mass is 15.0. The molecule has 4 heteroatoms. The Bertz CT molecular complexity index is 775. The second-order valence-electron chi connectivity index (χ2n) is 6.62. The van der Waals surface area contributed by atoms with Gasteiger partial charge in [-0.15, -0.1) is 0 Å². The van der Waals surface area contributed by atoms with Crippen LogP contribution in [0.1, 0.15) is 43.1 Å². The maximum absolute atomic E-state index is 4.54. The van der Waals surface area contributed by atoms with Crippen LogP contribution in [-0.2, 0) is 13.0 Å². The molecule has 1 N–H and O–H groups in total. The van der Waals surface area contributed by atoms with Gasteiger partial charge in [0.15, 0.2) is 0 Å². The maximum Gasteiger partial charge on any atom is 0.0788 e. The molecule has 0 saturated carbocycles. The standard InChI is InChI=1S/C20H24N4/c1-2-7-17-15-24(14-16(17)6-1)13-4-3-10-21-18-8-5-9-19-20(18)23-12-11-22-19/h1-2,6-7,11-12,14-15,18,21H,3-5,8-10,13H2. The van der Waals surface area contributed by atoms with Gasteiger partial charge in [0, 0.05) is 31.3 Å². The van der Waals surface area contributed by atoms with Gasteiger partial charge in [0.2, 0.25) is 0 Å². The molecule has 3 aromatic rings. The number of hydrogen-bond donors (Lipinski definition) is 1. The third-order valence-electron chi connectivity index (χ3n) is 4.88. The van der Waals surface area contributed by atoms with E-state index < -0.39 is 0 Å². The summed E-state index contributed by atoms with van der Waals surface area (Å²) in [5.74, 6) is 0. The van der Waals surface area contributed by atoms with Crippen LogP contribution in [0.5, 0.6) is 0 Å². The first kappa shape index (κ1) is 15.3. The molecule has 4 rings (SSSR count). The number of fused-ring (bicyclic) bond motifs is 2. The van der Waals surface area contributed by atoms with E-state index in [1.807, 2.05) is 12.4 Å². The largest absolute Gasteiger partial charge is 0.353 e. The van der Waals surface area contributed by atoms with Crippen LogP contribution < -0.4 is 5.32 Å². The zero-order valence-electron chi connectivity index (χ0n) is 14.0. The van der Waals surface area contributed by atoms with E-state index in [9.17, 15) is 0 Å². The van der Waals surface area contributed by atoms with Gasteiger partial charge in [-0.3, -0.25) is 9.97 Å². The SMILES string of the molecule is c1ccc2cn(CCCCNC3CCCc4nccnc43)cc2c1. The number of aromatic nitrogens is 3. The van der Waals surface area contributed by atoms with Crippen LogP contribution in [0.25, 0.3) is 10.8 Å². The van der Waals surface area contributed by atoms with E-state index in [0.717, 1.165) is 19.5 Å². The molecule has 0 saturated heterocycles. The van der Waals surface area contributed by atoms with Crippen molar-refractivity contribution in [2.45, 2.75) is 44.7 Å². The molecule has 1 unspecified atom stereocenters. The van der Waals surface area contributed by atoms with Gasteiger partial charge < -0.3 is 9.88 Å². The van der Waals surface area contributed by atoms with Crippen molar-refractivity contribution in [2.75, 3.05) is 6.54 Å². The zero-order chi connectivity index (χ0) is 16.2. The number of nitrogens with zero attached hydrogens (tertiary/aromatic N) is 3. The third kappa shape index (κ3) is 3.34. The number of benzene rings is 1. The van der Waals surface area contributed by atoms with Gasteiger partial charge in [-0.05, 0) is 49.4 Å². The molecule has 1 aromatic carbocycles. The first-order chi connectivity index (χ1) is 11.9. The van der Waals surface area contributed by atoms with Crippen molar-refractivity contribution in [2.24, 2.45) is 0 Å². The molecule has 4 nitrogen and oxygen atoms in total. The van der Waals surface area contributed by atoms with Crippen molar-refractivity contribution < 1.29 is 0 Å². The number of unbranched alkanes of at least 4 members (excludes halogenated alkanes) is 1. The van der Waals surface area contributed by atoms with E-state index in [1.54, 1.807) is 0 Å². The first-order valence-corrected chi connectivity index (χ1v) is 8.98. The monoisotopic (exact) mass is 320 g/mol. The average molecular weight is 320 g/mol. The molecule has 124 valence electrons. The second kappa shape index (κ2) is 7.14. The summed E-state index contributed by atoms with van der Waals surface area (Å²) in [6.07, 6.45) is 13.9. The Morgan fingerprint density at radius 1 is 1.04 bits per heavy atom. The van der Waals surface area contributed by atoms with Gasteiger partial charge in [-0.25, -0.2) is 0 Å². The van der Waals surface area contributed by atoms with Gasteiger partial charge >= 0.3 is 0 Å². The smallest absolute Gasteiger partial charge is 0.0788 e. The van der Waals surface area contributed by atoms with Crippen LogP contribution in [0.2, 0.25) is 0 Å². The first-order valence-electron chi connectivity index (χ1n) is 8.98. The number of nitrogens with one attached hydrogen (secondary N) is 1. The van der Waals surface area contributed by atoms with E-state index >= 15 is 0 Å². The molecule has 0 fully saturated rings. The van der Waals surface area contributed by atoms with Gasteiger partial charge in [-0.2, -0.15) is 0 Å². The van der Waals surface area contributed by atoms with Crippen molar-refractivity contribution in [1.29, 1.82) is 0 Å². The molecule has 0 amide bonds. The Morgan fingerprint density at radius 3 is 2.67 bits per heavy atom. The van der Waals surface area contributed by atoms with Gasteiger partial charge in [0.1, 0.15) is 0 Å². The van der Waals surface area contributed by atoms with E-state index in [-0.39, 0.29) is 0 Å². The number of rotatable bonds is 6. The molecule has 0 bridgehead atoms. The fraction of sp³-hybridized carbons (Fsp3) is 0.400. The lowest BCUT2D eigenvalue weighted by atomic mass is 9.95. The Morgan fingerprint density at radius 2 is 1.83 bits per heavy atom. The van der Waals surface area contributed by atoms with E-state index in [1.165, 1.54) is 47.8 Å². The van der Waals surface area contributed by atoms with Crippen LogP contribution in [-0.4, -0.2) is 21.1 Å². The minimum Gasteiger partial charge on any atom is -0.353 e. The molecule has 1 aliphatic rings. The van der Waals surface area contributed by atoms with Crippen LogP contribution in [0.15, 0.2) is 49.1 Å². The van der Waals surface area contributed by atoms with Gasteiger partial charge in [0.05, 0.1) is 17.4 Å². The third-order valence-corrected chi connectivity index (χ3v) is 4.88. The number of hydrogen-bond acceptors (Lipinski definition) is 3. The molecule has 0 spiro atoms. The molecule has 0 aliphatic heterocycles. The summed E-state index contributed by atoms with van der Waals surface area (Å²) in [5, 5.41) is 6.33. The average Bonchev–Trinajstić information content (AvgIpc) is 3.04. The van der Waals surface area contributed by atoms with E-state index in [0.29, 0.717) is 6.04 Å². The van der Waals surface area contributed by atoms with Gasteiger partial charge in [-0.1, -0.05) is 24.3 Å². The molecular weight excluding hydrogens is 296 g/mol. The van der Waals surface area contributed by atoms with Crippen molar-refractivity contribution in [3.63, 3.8) is 0 Å². The summed E-state index contributed by atoms with van der Waals surface area (Å²) in [6, 6.07) is 8.93. The van der Waals surface area contributed by atoms with Gasteiger partial charge in [0.25, 0.3) is 0 Å².